The van der Waals surface area contributed by atoms with Gasteiger partial charge in [-0.25, -0.2) is 0 Å². The van der Waals surface area contributed by atoms with Crippen LogP contribution < -0.4 is 5.73 Å². The molecule has 0 saturated heterocycles. The molecule has 0 bridgehead atoms. The Kier molecular flexibility index (Phi) is 4.77. The number of nitrogens with two attached hydrogens (primary N) is 1. The summed E-state index contributed by atoms with van der Waals surface area (Å²) in [7, 11) is 0. The number of alkyl halides is 1. The Bertz CT molecular complexity index is 130. The number of carboxylic acids is 1. The first-order chi connectivity index (χ1) is 5.07. The molecule has 0 aromatic carbocycles. The molecule has 2 atom stereocenters. The number of rotatable bonds is 5. The van der Waals surface area contributed by atoms with Crippen LogP contribution in [0.1, 0.15) is 19.8 Å². The summed E-state index contributed by atoms with van der Waals surface area (Å²) >= 11 is 0. The van der Waals surface area contributed by atoms with E-state index in [9.17, 15) is 9.18 Å². The fourth-order valence-electron chi connectivity index (χ4n) is 0.665. The van der Waals surface area contributed by atoms with Gasteiger partial charge in [0, 0.05) is 0 Å². The highest BCUT2D eigenvalue weighted by Crippen LogP contribution is 2.07. The fraction of sp³-hybridized carbons (Fsp3) is 0.857. The molecule has 0 aliphatic rings. The SMILES string of the molecule is C[C@H](CF)CC[C@H](N)C(=O)O. The summed E-state index contributed by atoms with van der Waals surface area (Å²) in [6.07, 6.45) is 0.879. The molecule has 3 N–H and O–H groups in total. The third-order valence-electron chi connectivity index (χ3n) is 1.55. The van der Waals surface area contributed by atoms with Crippen molar-refractivity contribution in [1.29, 1.82) is 0 Å². The molecule has 0 unspecified atom stereocenters. The standard InChI is InChI=1S/C7H14FNO2/c1-5(4-8)2-3-6(9)7(10)11/h5-6H,2-4,9H2,1H3,(H,10,11)/t5-,6-/m0/s1. The Morgan fingerprint density at radius 2 is 2.18 bits per heavy atom. The fourth-order valence-corrected chi connectivity index (χ4v) is 0.665. The maximum Gasteiger partial charge on any atom is 0.320 e. The van der Waals surface area contributed by atoms with E-state index in [4.69, 9.17) is 10.8 Å². The van der Waals surface area contributed by atoms with Crippen molar-refractivity contribution in [2.24, 2.45) is 11.7 Å². The van der Waals surface area contributed by atoms with E-state index in [1.807, 2.05) is 0 Å². The van der Waals surface area contributed by atoms with Crippen LogP contribution >= 0.6 is 0 Å². The number of halogens is 1. The second-order valence-electron chi connectivity index (χ2n) is 2.78. The van der Waals surface area contributed by atoms with Gasteiger partial charge in [-0.3, -0.25) is 9.18 Å². The van der Waals surface area contributed by atoms with Crippen LogP contribution in [-0.4, -0.2) is 23.8 Å². The van der Waals surface area contributed by atoms with Crippen molar-refractivity contribution < 1.29 is 14.3 Å². The molecule has 0 amide bonds. The molecule has 0 saturated carbocycles. The first-order valence-corrected chi connectivity index (χ1v) is 3.62. The monoisotopic (exact) mass is 163 g/mol. The minimum Gasteiger partial charge on any atom is -0.480 e. The Balaban J connectivity index is 3.45. The first kappa shape index (κ1) is 10.4. The van der Waals surface area contributed by atoms with Crippen LogP contribution in [-0.2, 0) is 4.79 Å². The summed E-state index contributed by atoms with van der Waals surface area (Å²) in [6, 6.07) is -0.844. The summed E-state index contributed by atoms with van der Waals surface area (Å²) in [5.74, 6) is -1.10. The molecular formula is C7H14FNO2. The maximum atomic E-state index is 11.8. The van der Waals surface area contributed by atoms with Gasteiger partial charge in [0.1, 0.15) is 6.04 Å². The van der Waals surface area contributed by atoms with E-state index in [0.29, 0.717) is 12.8 Å². The highest BCUT2D eigenvalue weighted by atomic mass is 19.1. The summed E-state index contributed by atoms with van der Waals surface area (Å²) in [4.78, 5) is 10.2. The predicted octanol–water partition coefficient (Wildman–Crippen LogP) is 0.784. The van der Waals surface area contributed by atoms with Crippen LogP contribution in [0.15, 0.2) is 0 Å². The molecule has 0 heterocycles. The minimum absolute atomic E-state index is 0.0830. The minimum atomic E-state index is -1.02. The van der Waals surface area contributed by atoms with Gasteiger partial charge in [-0.15, -0.1) is 0 Å². The summed E-state index contributed by atoms with van der Waals surface area (Å²) in [6.45, 7) is 1.32. The topological polar surface area (TPSA) is 63.3 Å². The van der Waals surface area contributed by atoms with Crippen LogP contribution in [0, 0.1) is 5.92 Å². The van der Waals surface area contributed by atoms with Crippen LogP contribution in [0.3, 0.4) is 0 Å². The Morgan fingerprint density at radius 3 is 2.55 bits per heavy atom. The van der Waals surface area contributed by atoms with Crippen LogP contribution in [0.4, 0.5) is 4.39 Å². The summed E-state index contributed by atoms with van der Waals surface area (Å²) < 4.78 is 11.8. The lowest BCUT2D eigenvalue weighted by Crippen LogP contribution is -2.30. The van der Waals surface area contributed by atoms with E-state index in [1.54, 1.807) is 6.92 Å². The average molecular weight is 163 g/mol. The van der Waals surface area contributed by atoms with Crippen molar-refractivity contribution in [3.8, 4) is 0 Å². The molecule has 0 radical (unpaired) electrons. The van der Waals surface area contributed by atoms with E-state index in [2.05, 4.69) is 0 Å². The van der Waals surface area contributed by atoms with E-state index in [1.165, 1.54) is 0 Å². The number of hydrogen-bond donors (Lipinski definition) is 2. The summed E-state index contributed by atoms with van der Waals surface area (Å²) in [5, 5.41) is 8.35. The number of carbonyl (C=O) groups is 1. The molecule has 0 aliphatic heterocycles. The van der Waals surface area contributed by atoms with E-state index < -0.39 is 18.7 Å². The van der Waals surface area contributed by atoms with Crippen molar-refractivity contribution >= 4 is 5.97 Å². The van der Waals surface area contributed by atoms with Gasteiger partial charge in [0.25, 0.3) is 0 Å². The third kappa shape index (κ3) is 4.72. The molecule has 4 heteroatoms. The highest BCUT2D eigenvalue weighted by Gasteiger charge is 2.12. The van der Waals surface area contributed by atoms with Gasteiger partial charge in [-0.05, 0) is 18.8 Å². The molecule has 0 rings (SSSR count). The number of aliphatic carboxylic acids is 1. The molecule has 0 fully saturated rings. The van der Waals surface area contributed by atoms with Crippen LogP contribution in [0.25, 0.3) is 0 Å². The van der Waals surface area contributed by atoms with E-state index >= 15 is 0 Å². The third-order valence-corrected chi connectivity index (χ3v) is 1.55. The van der Waals surface area contributed by atoms with Gasteiger partial charge in [0.05, 0.1) is 6.67 Å². The number of carboxylic acid groups (broad SMARTS) is 1. The Hall–Kier alpha value is -0.640. The molecule has 11 heavy (non-hydrogen) atoms. The van der Waals surface area contributed by atoms with Crippen molar-refractivity contribution in [1.82, 2.24) is 0 Å². The van der Waals surface area contributed by atoms with Gasteiger partial charge in [-0.2, -0.15) is 0 Å². The number of hydrogen-bond acceptors (Lipinski definition) is 2. The lowest BCUT2D eigenvalue weighted by atomic mass is 10.0. The van der Waals surface area contributed by atoms with Crippen molar-refractivity contribution in [3.05, 3.63) is 0 Å². The molecule has 0 aliphatic carbocycles. The Morgan fingerprint density at radius 1 is 1.64 bits per heavy atom. The largest absolute Gasteiger partial charge is 0.480 e. The predicted molar refractivity (Wildman–Crippen MR) is 40.0 cm³/mol. The zero-order valence-electron chi connectivity index (χ0n) is 6.59. The van der Waals surface area contributed by atoms with Gasteiger partial charge in [0.2, 0.25) is 0 Å². The van der Waals surface area contributed by atoms with Gasteiger partial charge >= 0.3 is 5.97 Å². The molecular weight excluding hydrogens is 149 g/mol. The maximum absolute atomic E-state index is 11.8. The highest BCUT2D eigenvalue weighted by molar-refractivity contribution is 5.72. The molecule has 0 spiro atoms. The van der Waals surface area contributed by atoms with E-state index in [-0.39, 0.29) is 5.92 Å². The smallest absolute Gasteiger partial charge is 0.320 e. The summed E-state index contributed by atoms with van der Waals surface area (Å²) in [5.41, 5.74) is 5.20. The van der Waals surface area contributed by atoms with Gasteiger partial charge in [-0.1, -0.05) is 6.92 Å². The quantitative estimate of drug-likeness (QED) is 0.629. The first-order valence-electron chi connectivity index (χ1n) is 3.62. The van der Waals surface area contributed by atoms with Gasteiger partial charge < -0.3 is 10.8 Å². The van der Waals surface area contributed by atoms with Crippen molar-refractivity contribution in [2.75, 3.05) is 6.67 Å². The Labute approximate surface area is 65.4 Å². The second-order valence-corrected chi connectivity index (χ2v) is 2.78. The molecule has 66 valence electrons. The molecule has 0 aromatic heterocycles. The zero-order chi connectivity index (χ0) is 8.85. The second kappa shape index (κ2) is 5.07. The van der Waals surface area contributed by atoms with Crippen LogP contribution in [0.5, 0.6) is 0 Å². The molecule has 3 nitrogen and oxygen atoms in total. The van der Waals surface area contributed by atoms with Crippen LogP contribution in [0.2, 0.25) is 0 Å². The van der Waals surface area contributed by atoms with Gasteiger partial charge in [0.15, 0.2) is 0 Å². The van der Waals surface area contributed by atoms with Crippen molar-refractivity contribution in [3.63, 3.8) is 0 Å². The molecule has 0 aromatic rings. The van der Waals surface area contributed by atoms with E-state index in [0.717, 1.165) is 0 Å². The lowest BCUT2D eigenvalue weighted by Gasteiger charge is -2.08. The lowest BCUT2D eigenvalue weighted by molar-refractivity contribution is -0.138. The zero-order valence-corrected chi connectivity index (χ0v) is 6.59. The van der Waals surface area contributed by atoms with Crippen molar-refractivity contribution in [2.45, 2.75) is 25.8 Å². The normalized spacial score (nSPS) is 15.9. The average Bonchev–Trinajstić information content (AvgIpc) is 1.99.